The molecule has 0 aliphatic heterocycles. The van der Waals surface area contributed by atoms with Crippen molar-refractivity contribution < 1.29 is 4.79 Å². The Morgan fingerprint density at radius 2 is 1.75 bits per heavy atom. The van der Waals surface area contributed by atoms with Crippen LogP contribution >= 0.6 is 0 Å². The van der Waals surface area contributed by atoms with Gasteiger partial charge in [-0.3, -0.25) is 4.79 Å². The van der Waals surface area contributed by atoms with Gasteiger partial charge in [0.1, 0.15) is 0 Å². The van der Waals surface area contributed by atoms with E-state index in [1.165, 1.54) is 25.7 Å². The predicted molar refractivity (Wildman–Crippen MR) is 53.1 cm³/mol. The first-order valence-corrected chi connectivity index (χ1v) is 4.89. The Labute approximate surface area is 75.9 Å². The summed E-state index contributed by atoms with van der Waals surface area (Å²) in [6.07, 6.45) is 8.58. The minimum Gasteiger partial charge on any atom is -0.295 e. The molecule has 0 rings (SSSR count). The van der Waals surface area contributed by atoms with Crippen molar-refractivity contribution in [1.82, 2.24) is 0 Å². The summed E-state index contributed by atoms with van der Waals surface area (Å²) in [5, 5.41) is 0. The van der Waals surface area contributed by atoms with Crippen LogP contribution in [0.3, 0.4) is 0 Å². The van der Waals surface area contributed by atoms with E-state index in [9.17, 15) is 4.79 Å². The lowest BCUT2D eigenvalue weighted by atomic mass is 9.97. The lowest BCUT2D eigenvalue weighted by molar-refractivity contribution is -0.112. The molecule has 0 aromatic heterocycles. The molecule has 0 N–H and O–H groups in total. The lowest BCUT2D eigenvalue weighted by Gasteiger charge is -2.08. The van der Waals surface area contributed by atoms with Crippen LogP contribution in [0.4, 0.5) is 0 Å². The van der Waals surface area contributed by atoms with Crippen molar-refractivity contribution in [2.75, 3.05) is 0 Å². The van der Waals surface area contributed by atoms with Gasteiger partial charge in [-0.1, -0.05) is 32.8 Å². The first kappa shape index (κ1) is 11.4. The van der Waals surface area contributed by atoms with Gasteiger partial charge in [0.05, 0.1) is 0 Å². The molecule has 12 heavy (non-hydrogen) atoms. The van der Waals surface area contributed by atoms with E-state index in [-0.39, 0.29) is 5.78 Å². The highest BCUT2D eigenvalue weighted by molar-refractivity contribution is 5.87. The zero-order chi connectivity index (χ0) is 9.40. The maximum absolute atomic E-state index is 10.7. The maximum Gasteiger partial charge on any atom is 0.152 e. The van der Waals surface area contributed by atoms with E-state index in [1.54, 1.807) is 13.0 Å². The fourth-order valence-electron chi connectivity index (χ4n) is 1.35. The largest absolute Gasteiger partial charge is 0.295 e. The molecule has 0 bridgehead atoms. The van der Waals surface area contributed by atoms with Crippen LogP contribution in [0, 0.1) is 5.92 Å². The molecule has 0 aromatic carbocycles. The Hall–Kier alpha value is -0.590. The molecule has 0 saturated heterocycles. The number of allylic oxidation sites excluding steroid dienone is 2. The average Bonchev–Trinajstić information content (AvgIpc) is 2.01. The highest BCUT2D eigenvalue weighted by Crippen LogP contribution is 2.14. The molecule has 0 fully saturated rings. The number of hydrogen-bond donors (Lipinski definition) is 0. The first-order chi connectivity index (χ1) is 5.70. The highest BCUT2D eigenvalue weighted by atomic mass is 16.1. The molecule has 0 amide bonds. The van der Waals surface area contributed by atoms with E-state index >= 15 is 0 Å². The second-order valence-corrected chi connectivity index (χ2v) is 3.31. The van der Waals surface area contributed by atoms with Crippen molar-refractivity contribution in [3.8, 4) is 0 Å². The second kappa shape index (κ2) is 7.08. The van der Waals surface area contributed by atoms with Gasteiger partial charge < -0.3 is 0 Å². The fraction of sp³-hybridized carbons (Fsp3) is 0.727. The summed E-state index contributed by atoms with van der Waals surface area (Å²) in [5.74, 6) is 0.774. The molecular weight excluding hydrogens is 148 g/mol. The van der Waals surface area contributed by atoms with Crippen LogP contribution in [0.1, 0.15) is 46.5 Å². The normalized spacial score (nSPS) is 11.3. The van der Waals surface area contributed by atoms with Gasteiger partial charge in [-0.05, 0) is 31.8 Å². The second-order valence-electron chi connectivity index (χ2n) is 3.31. The third kappa shape index (κ3) is 6.14. The van der Waals surface area contributed by atoms with E-state index in [4.69, 9.17) is 0 Å². The molecule has 0 aromatic rings. The number of rotatable bonds is 6. The van der Waals surface area contributed by atoms with E-state index in [0.717, 1.165) is 0 Å². The van der Waals surface area contributed by atoms with Crippen LogP contribution in [-0.4, -0.2) is 5.78 Å². The van der Waals surface area contributed by atoms with Gasteiger partial charge >= 0.3 is 0 Å². The van der Waals surface area contributed by atoms with Crippen molar-refractivity contribution in [3.63, 3.8) is 0 Å². The molecular formula is C11H20O. The molecule has 0 heterocycles. The Balaban J connectivity index is 3.84. The van der Waals surface area contributed by atoms with Gasteiger partial charge in [0.2, 0.25) is 0 Å². The van der Waals surface area contributed by atoms with Gasteiger partial charge in [0.25, 0.3) is 0 Å². The van der Waals surface area contributed by atoms with Gasteiger partial charge in [-0.2, -0.15) is 0 Å². The average molecular weight is 168 g/mol. The van der Waals surface area contributed by atoms with E-state index in [1.807, 2.05) is 0 Å². The Morgan fingerprint density at radius 3 is 2.08 bits per heavy atom. The Bertz CT molecular complexity index is 141. The summed E-state index contributed by atoms with van der Waals surface area (Å²) >= 11 is 0. The highest BCUT2D eigenvalue weighted by Gasteiger charge is 2.01. The van der Waals surface area contributed by atoms with Crippen molar-refractivity contribution in [1.29, 1.82) is 0 Å². The third-order valence-corrected chi connectivity index (χ3v) is 1.92. The summed E-state index contributed by atoms with van der Waals surface area (Å²) in [4.78, 5) is 10.7. The van der Waals surface area contributed by atoms with Crippen LogP contribution in [0.2, 0.25) is 0 Å². The monoisotopic (exact) mass is 168 g/mol. The lowest BCUT2D eigenvalue weighted by Crippen LogP contribution is -1.96. The Morgan fingerprint density at radius 1 is 1.25 bits per heavy atom. The summed E-state index contributed by atoms with van der Waals surface area (Å²) in [5.41, 5.74) is 0. The van der Waals surface area contributed by atoms with Crippen molar-refractivity contribution in [2.45, 2.75) is 46.5 Å². The van der Waals surface area contributed by atoms with E-state index in [2.05, 4.69) is 19.9 Å². The number of hydrogen-bond acceptors (Lipinski definition) is 1. The van der Waals surface area contributed by atoms with E-state index in [0.29, 0.717) is 5.92 Å². The van der Waals surface area contributed by atoms with Crippen LogP contribution < -0.4 is 0 Å². The van der Waals surface area contributed by atoms with Crippen LogP contribution in [0.5, 0.6) is 0 Å². The van der Waals surface area contributed by atoms with Gasteiger partial charge in [-0.25, -0.2) is 0 Å². The quantitative estimate of drug-likeness (QED) is 0.556. The van der Waals surface area contributed by atoms with Gasteiger partial charge in [0, 0.05) is 0 Å². The minimum absolute atomic E-state index is 0.159. The molecule has 0 radical (unpaired) electrons. The van der Waals surface area contributed by atoms with Crippen LogP contribution in [0.15, 0.2) is 12.2 Å². The number of carbonyl (C=O) groups excluding carboxylic acids is 1. The molecule has 0 aliphatic rings. The van der Waals surface area contributed by atoms with Crippen LogP contribution in [0.25, 0.3) is 0 Å². The summed E-state index contributed by atoms with van der Waals surface area (Å²) in [6, 6.07) is 0. The molecule has 0 spiro atoms. The first-order valence-electron chi connectivity index (χ1n) is 4.89. The molecule has 0 atom stereocenters. The maximum atomic E-state index is 10.7. The molecule has 0 saturated carbocycles. The fourth-order valence-corrected chi connectivity index (χ4v) is 1.35. The molecule has 0 aliphatic carbocycles. The zero-order valence-corrected chi connectivity index (χ0v) is 8.47. The molecule has 0 unspecified atom stereocenters. The van der Waals surface area contributed by atoms with Crippen molar-refractivity contribution in [3.05, 3.63) is 12.2 Å². The van der Waals surface area contributed by atoms with Crippen molar-refractivity contribution >= 4 is 5.78 Å². The van der Waals surface area contributed by atoms with E-state index < -0.39 is 0 Å². The van der Waals surface area contributed by atoms with Gasteiger partial charge in [0.15, 0.2) is 5.78 Å². The predicted octanol–water partition coefficient (Wildman–Crippen LogP) is 3.35. The third-order valence-electron chi connectivity index (χ3n) is 1.92. The van der Waals surface area contributed by atoms with Crippen molar-refractivity contribution in [2.24, 2.45) is 5.92 Å². The summed E-state index contributed by atoms with van der Waals surface area (Å²) in [7, 11) is 0. The molecule has 70 valence electrons. The number of carbonyl (C=O) groups is 1. The zero-order valence-electron chi connectivity index (χ0n) is 8.47. The summed E-state index contributed by atoms with van der Waals surface area (Å²) < 4.78 is 0. The van der Waals surface area contributed by atoms with Crippen LogP contribution in [-0.2, 0) is 4.79 Å². The topological polar surface area (TPSA) is 17.1 Å². The van der Waals surface area contributed by atoms with Gasteiger partial charge in [-0.15, -0.1) is 0 Å². The standard InChI is InChI=1S/C11H20O/c1-4-6-11(7-5-2)9-8-10(3)12/h8-9,11H,4-7H2,1-3H3/b9-8+. The SMILES string of the molecule is CCCC(/C=C/C(C)=O)CCC. The summed E-state index contributed by atoms with van der Waals surface area (Å²) in [6.45, 7) is 5.97. The Kier molecular flexibility index (Phi) is 6.73. The number of ketones is 1. The minimum atomic E-state index is 0.159. The molecule has 1 heteroatoms. The smallest absolute Gasteiger partial charge is 0.152 e. The molecule has 1 nitrogen and oxygen atoms in total.